The number of halogens is 2. The molecule has 0 fully saturated rings. The van der Waals surface area contributed by atoms with Crippen LogP contribution in [0.15, 0.2) is 94.8 Å². The van der Waals surface area contributed by atoms with Gasteiger partial charge in [0.2, 0.25) is 6.79 Å². The molecule has 0 spiro atoms. The van der Waals surface area contributed by atoms with E-state index in [0.717, 1.165) is 11.1 Å². The summed E-state index contributed by atoms with van der Waals surface area (Å²) in [6.07, 6.45) is 1.52. The van der Waals surface area contributed by atoms with Crippen molar-refractivity contribution in [3.8, 4) is 28.6 Å². The second-order valence-electron chi connectivity index (χ2n) is 8.47. The Hall–Kier alpha value is -4.33. The van der Waals surface area contributed by atoms with Gasteiger partial charge < -0.3 is 14.2 Å². The van der Waals surface area contributed by atoms with Crippen LogP contribution in [0.25, 0.3) is 22.3 Å². The molecule has 0 N–H and O–H groups in total. The van der Waals surface area contributed by atoms with Crippen molar-refractivity contribution in [2.75, 3.05) is 6.79 Å². The molecule has 7 nitrogen and oxygen atoms in total. The highest BCUT2D eigenvalue weighted by atomic mass is 35.5. The minimum Gasteiger partial charge on any atom is -0.486 e. The topological polar surface area (TPSA) is 74.9 Å². The molecule has 188 valence electrons. The third-order valence-corrected chi connectivity index (χ3v) is 6.51. The molecule has 6 rings (SSSR count). The average molecular weight is 544 g/mol. The summed E-state index contributed by atoms with van der Waals surface area (Å²) in [6.45, 7) is 0.441. The van der Waals surface area contributed by atoms with Gasteiger partial charge >= 0.3 is 0 Å². The molecule has 0 amide bonds. The Morgan fingerprint density at radius 2 is 1.66 bits per heavy atom. The zero-order valence-corrected chi connectivity index (χ0v) is 21.3. The summed E-state index contributed by atoms with van der Waals surface area (Å²) in [7, 11) is 0. The Kier molecular flexibility index (Phi) is 6.45. The minimum absolute atomic E-state index is 0.203. The summed E-state index contributed by atoms with van der Waals surface area (Å²) in [6, 6.07) is 25.5. The van der Waals surface area contributed by atoms with E-state index in [1.807, 2.05) is 54.6 Å². The fourth-order valence-electron chi connectivity index (χ4n) is 4.11. The zero-order valence-electron chi connectivity index (χ0n) is 19.8. The molecule has 1 aliphatic heterocycles. The molecule has 0 radical (unpaired) electrons. The number of para-hydroxylation sites is 1. The quantitative estimate of drug-likeness (QED) is 0.227. The standard InChI is InChI=1S/C29H19Cl2N3O4/c30-22-12-19(13-23(31)27(22)36-16-18-10-11-25-26(14-18)38-17-37-25)15-32-34-28(20-6-2-1-3-7-20)33-24-9-5-4-8-21(24)29(34)35/h1-15H,16-17H2. The number of nitrogens with zero attached hydrogens (tertiary/aromatic N) is 3. The largest absolute Gasteiger partial charge is 0.486 e. The predicted molar refractivity (Wildman–Crippen MR) is 148 cm³/mol. The molecule has 0 atom stereocenters. The molecular weight excluding hydrogens is 525 g/mol. The second-order valence-corrected chi connectivity index (χ2v) is 9.28. The number of benzene rings is 4. The molecule has 0 saturated carbocycles. The minimum atomic E-state index is -0.286. The van der Waals surface area contributed by atoms with Gasteiger partial charge in [0.15, 0.2) is 23.1 Å². The maximum absolute atomic E-state index is 13.3. The summed E-state index contributed by atoms with van der Waals surface area (Å²) in [5.74, 6) is 2.14. The Bertz CT molecular complexity index is 1730. The number of rotatable bonds is 6. The number of aromatic nitrogens is 2. The van der Waals surface area contributed by atoms with Crippen molar-refractivity contribution >= 4 is 40.3 Å². The van der Waals surface area contributed by atoms with Crippen LogP contribution in [-0.2, 0) is 6.61 Å². The number of hydrogen-bond donors (Lipinski definition) is 0. The van der Waals surface area contributed by atoms with Crippen LogP contribution in [0.5, 0.6) is 17.2 Å². The Morgan fingerprint density at radius 1 is 0.921 bits per heavy atom. The molecule has 0 aliphatic carbocycles. The lowest BCUT2D eigenvalue weighted by Crippen LogP contribution is -2.20. The first-order valence-electron chi connectivity index (χ1n) is 11.7. The predicted octanol–water partition coefficient (Wildman–Crippen LogP) is 6.56. The SMILES string of the molecule is O=c1c2ccccc2nc(-c2ccccc2)n1N=Cc1cc(Cl)c(OCc2ccc3c(c2)OCO3)c(Cl)c1. The van der Waals surface area contributed by atoms with Crippen molar-refractivity contribution < 1.29 is 14.2 Å². The summed E-state index contributed by atoms with van der Waals surface area (Å²) >= 11 is 13.0. The summed E-state index contributed by atoms with van der Waals surface area (Å²) in [5.41, 5.74) is 2.54. The van der Waals surface area contributed by atoms with Crippen LogP contribution < -0.4 is 19.8 Å². The monoisotopic (exact) mass is 543 g/mol. The molecule has 1 aromatic heterocycles. The van der Waals surface area contributed by atoms with Crippen molar-refractivity contribution in [2.45, 2.75) is 6.61 Å². The van der Waals surface area contributed by atoms with Crippen LogP contribution in [-0.4, -0.2) is 22.7 Å². The second kappa shape index (κ2) is 10.2. The van der Waals surface area contributed by atoms with Crippen LogP contribution in [0.2, 0.25) is 10.0 Å². The number of ether oxygens (including phenoxy) is 3. The van der Waals surface area contributed by atoms with Crippen LogP contribution in [0, 0.1) is 0 Å². The lowest BCUT2D eigenvalue weighted by Gasteiger charge is -2.12. The normalized spacial score (nSPS) is 12.4. The molecule has 0 bridgehead atoms. The van der Waals surface area contributed by atoms with E-state index < -0.39 is 0 Å². The molecule has 2 heterocycles. The van der Waals surface area contributed by atoms with E-state index >= 15 is 0 Å². The van der Waals surface area contributed by atoms with Gasteiger partial charge in [0.1, 0.15) is 6.61 Å². The van der Waals surface area contributed by atoms with Crippen LogP contribution in [0.4, 0.5) is 0 Å². The highest BCUT2D eigenvalue weighted by molar-refractivity contribution is 6.37. The first-order valence-corrected chi connectivity index (χ1v) is 12.4. The van der Waals surface area contributed by atoms with Gasteiger partial charge in [-0.3, -0.25) is 4.79 Å². The van der Waals surface area contributed by atoms with Crippen molar-refractivity contribution in [1.29, 1.82) is 0 Å². The van der Waals surface area contributed by atoms with Crippen molar-refractivity contribution in [3.05, 3.63) is 116 Å². The molecule has 9 heteroatoms. The van der Waals surface area contributed by atoms with Gasteiger partial charge in [0.05, 0.1) is 27.2 Å². The fourth-order valence-corrected chi connectivity index (χ4v) is 4.72. The van der Waals surface area contributed by atoms with Crippen molar-refractivity contribution in [3.63, 3.8) is 0 Å². The number of fused-ring (bicyclic) bond motifs is 2. The zero-order chi connectivity index (χ0) is 26.1. The van der Waals surface area contributed by atoms with Gasteiger partial charge in [-0.05, 0) is 47.5 Å². The maximum atomic E-state index is 13.3. The van der Waals surface area contributed by atoms with Gasteiger partial charge in [-0.25, -0.2) is 4.98 Å². The molecule has 5 aromatic rings. The highest BCUT2D eigenvalue weighted by Gasteiger charge is 2.16. The van der Waals surface area contributed by atoms with Crippen molar-refractivity contribution in [2.24, 2.45) is 5.10 Å². The van der Waals surface area contributed by atoms with Crippen LogP contribution in [0.3, 0.4) is 0 Å². The first kappa shape index (κ1) is 24.0. The average Bonchev–Trinajstić information content (AvgIpc) is 3.40. The Labute approximate surface area is 227 Å². The van der Waals surface area contributed by atoms with E-state index in [2.05, 4.69) is 5.10 Å². The van der Waals surface area contributed by atoms with E-state index in [1.54, 1.807) is 30.3 Å². The molecule has 0 saturated heterocycles. The van der Waals surface area contributed by atoms with Gasteiger partial charge in [-0.2, -0.15) is 9.78 Å². The first-order chi connectivity index (χ1) is 18.6. The highest BCUT2D eigenvalue weighted by Crippen LogP contribution is 2.36. The third kappa shape index (κ3) is 4.69. The summed E-state index contributed by atoms with van der Waals surface area (Å²) < 4.78 is 17.9. The summed E-state index contributed by atoms with van der Waals surface area (Å²) in [4.78, 5) is 18.0. The van der Waals surface area contributed by atoms with E-state index in [-0.39, 0.29) is 19.0 Å². The maximum Gasteiger partial charge on any atom is 0.282 e. The Morgan fingerprint density at radius 3 is 2.47 bits per heavy atom. The fraction of sp³-hybridized carbons (Fsp3) is 0.0690. The molecule has 4 aromatic carbocycles. The van der Waals surface area contributed by atoms with Gasteiger partial charge in [-0.1, -0.05) is 71.7 Å². The lowest BCUT2D eigenvalue weighted by molar-refractivity contribution is 0.174. The number of hydrogen-bond acceptors (Lipinski definition) is 6. The van der Waals surface area contributed by atoms with Crippen LogP contribution >= 0.6 is 23.2 Å². The molecule has 38 heavy (non-hydrogen) atoms. The Balaban J connectivity index is 1.30. The van der Waals surface area contributed by atoms with Gasteiger partial charge in [0, 0.05) is 5.56 Å². The van der Waals surface area contributed by atoms with E-state index in [0.29, 0.717) is 49.6 Å². The van der Waals surface area contributed by atoms with Crippen molar-refractivity contribution in [1.82, 2.24) is 9.66 Å². The van der Waals surface area contributed by atoms with E-state index in [9.17, 15) is 4.79 Å². The van der Waals surface area contributed by atoms with Crippen LogP contribution in [0.1, 0.15) is 11.1 Å². The van der Waals surface area contributed by atoms with Gasteiger partial charge in [0.25, 0.3) is 5.56 Å². The molecule has 1 aliphatic rings. The lowest BCUT2D eigenvalue weighted by atomic mass is 10.2. The molecular formula is C29H19Cl2N3O4. The third-order valence-electron chi connectivity index (χ3n) is 5.95. The van der Waals surface area contributed by atoms with E-state index in [1.165, 1.54) is 10.9 Å². The van der Waals surface area contributed by atoms with Gasteiger partial charge in [-0.15, -0.1) is 0 Å². The summed E-state index contributed by atoms with van der Waals surface area (Å²) in [5, 5.41) is 5.56. The molecule has 0 unspecified atom stereocenters. The smallest absolute Gasteiger partial charge is 0.282 e. The van der Waals surface area contributed by atoms with E-state index in [4.69, 9.17) is 42.4 Å².